The summed E-state index contributed by atoms with van der Waals surface area (Å²) in [4.78, 5) is 23.9. The van der Waals surface area contributed by atoms with Crippen molar-refractivity contribution in [3.63, 3.8) is 0 Å². The molecule has 3 rings (SSSR count). The van der Waals surface area contributed by atoms with Crippen molar-refractivity contribution < 1.29 is 22.8 Å². The van der Waals surface area contributed by atoms with Crippen LogP contribution in [0.3, 0.4) is 0 Å². The Kier molecular flexibility index (Phi) is 5.85. The van der Waals surface area contributed by atoms with Crippen LogP contribution in [0.4, 0.5) is 18.9 Å². The summed E-state index contributed by atoms with van der Waals surface area (Å²) < 4.78 is 40.3. The second-order valence-corrected chi connectivity index (χ2v) is 7.85. The molecule has 0 radical (unpaired) electrons. The number of benzene rings is 1. The van der Waals surface area contributed by atoms with E-state index in [0.29, 0.717) is 11.3 Å². The number of pyridine rings is 1. The van der Waals surface area contributed by atoms with Gasteiger partial charge in [-0.3, -0.25) is 14.0 Å². The fourth-order valence-electron chi connectivity index (χ4n) is 2.44. The van der Waals surface area contributed by atoms with Crippen molar-refractivity contribution in [3.8, 4) is 0 Å². The Hall–Kier alpha value is -2.59. The largest absolute Gasteiger partial charge is 0.417 e. The second kappa shape index (κ2) is 8.03. The number of rotatable bonds is 5. The molecule has 0 aliphatic carbocycles. The molecule has 11 heteroatoms. The lowest BCUT2D eigenvalue weighted by Crippen LogP contribution is -2.22. The lowest BCUT2D eigenvalue weighted by atomic mass is 10.1. The Morgan fingerprint density at radius 3 is 2.62 bits per heavy atom. The molecule has 152 valence electrons. The lowest BCUT2D eigenvalue weighted by molar-refractivity contribution is -0.137. The summed E-state index contributed by atoms with van der Waals surface area (Å²) in [5, 5.41) is 9.49. The summed E-state index contributed by atoms with van der Waals surface area (Å²) in [6, 6.07) is 7.21. The number of carbonyl (C=O) groups excluding carboxylic acids is 2. The van der Waals surface area contributed by atoms with Gasteiger partial charge in [0.2, 0.25) is 5.91 Å². The van der Waals surface area contributed by atoms with Crippen LogP contribution in [0.5, 0.6) is 0 Å². The fourth-order valence-corrected chi connectivity index (χ4v) is 3.51. The third kappa shape index (κ3) is 4.70. The molecule has 6 nitrogen and oxygen atoms in total. The topological polar surface area (TPSA) is 76.4 Å². The maximum absolute atomic E-state index is 13.0. The van der Waals surface area contributed by atoms with E-state index in [4.69, 9.17) is 11.6 Å². The van der Waals surface area contributed by atoms with Crippen LogP contribution in [0.1, 0.15) is 29.8 Å². The number of hydrogen-bond acceptors (Lipinski definition) is 5. The predicted octanol–water partition coefficient (Wildman–Crippen LogP) is 4.72. The van der Waals surface area contributed by atoms with Crippen LogP contribution in [0, 0.1) is 0 Å². The summed E-state index contributed by atoms with van der Waals surface area (Å²) in [5.41, 5.74) is -0.0109. The molecule has 29 heavy (non-hydrogen) atoms. The van der Waals surface area contributed by atoms with Gasteiger partial charge >= 0.3 is 6.18 Å². The number of carbonyl (C=O) groups is 2. The van der Waals surface area contributed by atoms with Crippen molar-refractivity contribution in [2.45, 2.75) is 30.4 Å². The van der Waals surface area contributed by atoms with Crippen LogP contribution in [0.15, 0.2) is 41.7 Å². The van der Waals surface area contributed by atoms with E-state index in [1.54, 1.807) is 31.2 Å². The zero-order valence-corrected chi connectivity index (χ0v) is 16.7. The lowest BCUT2D eigenvalue weighted by Gasteiger charge is -2.12. The Bertz CT molecular complexity index is 1100. The third-order valence-electron chi connectivity index (χ3n) is 3.94. The van der Waals surface area contributed by atoms with Crippen molar-refractivity contribution in [3.05, 3.63) is 52.7 Å². The number of alkyl halides is 3. The molecule has 0 fully saturated rings. The first kappa shape index (κ1) is 21.1. The Labute approximate surface area is 172 Å². The second-order valence-electron chi connectivity index (χ2n) is 6.14. The van der Waals surface area contributed by atoms with Gasteiger partial charge in [-0.05, 0) is 32.0 Å². The molecular formula is C18H14ClF3N4O2S. The zero-order valence-electron chi connectivity index (χ0n) is 15.1. The normalized spacial score (nSPS) is 12.8. The van der Waals surface area contributed by atoms with E-state index in [9.17, 15) is 22.8 Å². The van der Waals surface area contributed by atoms with E-state index in [1.165, 1.54) is 6.92 Å². The number of anilines is 1. The van der Waals surface area contributed by atoms with Gasteiger partial charge in [0.25, 0.3) is 0 Å². The Balaban J connectivity index is 1.81. The van der Waals surface area contributed by atoms with Crippen molar-refractivity contribution in [2.75, 3.05) is 5.32 Å². The highest BCUT2D eigenvalue weighted by Gasteiger charge is 2.32. The number of hydrogen-bond donors (Lipinski definition) is 1. The van der Waals surface area contributed by atoms with Gasteiger partial charge in [0.15, 0.2) is 16.6 Å². The molecule has 2 aromatic heterocycles. The molecule has 0 spiro atoms. The van der Waals surface area contributed by atoms with Gasteiger partial charge in [0.05, 0.1) is 15.8 Å². The molecule has 0 aliphatic heterocycles. The van der Waals surface area contributed by atoms with E-state index in [-0.39, 0.29) is 21.6 Å². The number of aromatic nitrogens is 3. The van der Waals surface area contributed by atoms with Crippen LogP contribution in [0.2, 0.25) is 5.02 Å². The first-order chi connectivity index (χ1) is 13.6. The average molecular weight is 443 g/mol. The molecule has 1 aromatic carbocycles. The van der Waals surface area contributed by atoms with Crippen molar-refractivity contribution in [1.29, 1.82) is 0 Å². The predicted molar refractivity (Wildman–Crippen MR) is 103 cm³/mol. The SMILES string of the molecule is CC(=O)c1cccc(NC(=O)C(C)Sc2nnc3c(Cl)cc(C(F)(F)F)cn23)c1. The van der Waals surface area contributed by atoms with Gasteiger partial charge in [-0.1, -0.05) is 35.5 Å². The number of halogens is 4. The van der Waals surface area contributed by atoms with E-state index >= 15 is 0 Å². The van der Waals surface area contributed by atoms with Gasteiger partial charge in [-0.2, -0.15) is 13.2 Å². The smallest absolute Gasteiger partial charge is 0.325 e. The van der Waals surface area contributed by atoms with Crippen LogP contribution >= 0.6 is 23.4 Å². The summed E-state index contributed by atoms with van der Waals surface area (Å²) >= 11 is 6.82. The highest BCUT2D eigenvalue weighted by molar-refractivity contribution is 8.00. The maximum Gasteiger partial charge on any atom is 0.417 e. The summed E-state index contributed by atoms with van der Waals surface area (Å²) in [6.45, 7) is 2.99. The van der Waals surface area contributed by atoms with Crippen LogP contribution in [-0.4, -0.2) is 31.5 Å². The number of fused-ring (bicyclic) bond motifs is 1. The summed E-state index contributed by atoms with van der Waals surface area (Å²) in [5.74, 6) is -0.554. The monoisotopic (exact) mass is 442 g/mol. The number of Topliss-reactive ketones (excluding diaryl/α,β-unsaturated/α-hetero) is 1. The van der Waals surface area contributed by atoms with Crippen LogP contribution < -0.4 is 5.32 Å². The first-order valence-corrected chi connectivity index (χ1v) is 9.52. The zero-order chi connectivity index (χ0) is 21.3. The molecule has 1 amide bonds. The molecule has 3 aromatic rings. The third-order valence-corrected chi connectivity index (χ3v) is 5.28. The number of nitrogens with zero attached hydrogens (tertiary/aromatic N) is 3. The molecule has 0 saturated carbocycles. The van der Waals surface area contributed by atoms with Gasteiger partial charge in [0.1, 0.15) is 0 Å². The quantitative estimate of drug-likeness (QED) is 0.457. The summed E-state index contributed by atoms with van der Waals surface area (Å²) in [6.07, 6.45) is -3.75. The van der Waals surface area contributed by atoms with Crippen LogP contribution in [0.25, 0.3) is 5.65 Å². The minimum Gasteiger partial charge on any atom is -0.325 e. The molecule has 0 saturated heterocycles. The van der Waals surface area contributed by atoms with Gasteiger partial charge in [-0.25, -0.2) is 0 Å². The van der Waals surface area contributed by atoms with E-state index in [0.717, 1.165) is 28.4 Å². The number of thioether (sulfide) groups is 1. The highest BCUT2D eigenvalue weighted by atomic mass is 35.5. The molecular weight excluding hydrogens is 429 g/mol. The maximum atomic E-state index is 13.0. The molecule has 2 heterocycles. The summed E-state index contributed by atoms with van der Waals surface area (Å²) in [7, 11) is 0. The molecule has 1 atom stereocenters. The number of nitrogens with one attached hydrogen (secondary N) is 1. The average Bonchev–Trinajstić information content (AvgIpc) is 3.04. The van der Waals surface area contributed by atoms with Crippen molar-refractivity contribution in [1.82, 2.24) is 14.6 Å². The Morgan fingerprint density at radius 1 is 1.24 bits per heavy atom. The van der Waals surface area contributed by atoms with E-state index < -0.39 is 22.9 Å². The molecule has 1 N–H and O–H groups in total. The number of ketones is 1. The molecule has 0 bridgehead atoms. The standard InChI is InChI=1S/C18H14ClF3N4O2S/c1-9(27)11-4-3-5-13(6-11)23-16(28)10(2)29-17-25-24-15-14(19)7-12(8-26(15)17)18(20,21)22/h3-8,10H,1-2H3,(H,23,28). The number of amides is 1. The van der Waals surface area contributed by atoms with Crippen LogP contribution in [-0.2, 0) is 11.0 Å². The minimum atomic E-state index is -4.59. The van der Waals surface area contributed by atoms with Gasteiger partial charge in [-0.15, -0.1) is 10.2 Å². The first-order valence-electron chi connectivity index (χ1n) is 8.26. The van der Waals surface area contributed by atoms with Gasteiger partial charge in [0, 0.05) is 17.4 Å². The molecule has 1 unspecified atom stereocenters. The molecule has 0 aliphatic rings. The van der Waals surface area contributed by atoms with Crippen molar-refractivity contribution in [2.24, 2.45) is 0 Å². The highest BCUT2D eigenvalue weighted by Crippen LogP contribution is 2.34. The fraction of sp³-hybridized carbons (Fsp3) is 0.222. The van der Waals surface area contributed by atoms with E-state index in [1.807, 2.05) is 0 Å². The Morgan fingerprint density at radius 2 is 1.97 bits per heavy atom. The van der Waals surface area contributed by atoms with Crippen molar-refractivity contribution >= 4 is 46.4 Å². The van der Waals surface area contributed by atoms with E-state index in [2.05, 4.69) is 15.5 Å². The van der Waals surface area contributed by atoms with Gasteiger partial charge < -0.3 is 5.32 Å². The minimum absolute atomic E-state index is 0.0592.